The summed E-state index contributed by atoms with van der Waals surface area (Å²) in [5.41, 5.74) is 2.61. The third-order valence-corrected chi connectivity index (χ3v) is 4.53. The normalized spacial score (nSPS) is 17.4. The van der Waals surface area contributed by atoms with Crippen LogP contribution in [-0.2, 0) is 4.74 Å². The van der Waals surface area contributed by atoms with E-state index in [1.54, 1.807) is 0 Å². The Hall–Kier alpha value is -1.65. The molecule has 116 valence electrons. The molecule has 0 N–H and O–H groups in total. The van der Waals surface area contributed by atoms with Gasteiger partial charge in [-0.2, -0.15) is 0 Å². The van der Waals surface area contributed by atoms with Crippen LogP contribution in [0.2, 0.25) is 0 Å². The van der Waals surface area contributed by atoms with Gasteiger partial charge in [0.25, 0.3) is 0 Å². The fraction of sp³-hybridized carbons (Fsp3) is 0.333. The molecule has 22 heavy (non-hydrogen) atoms. The Labute approximate surface area is 135 Å². The maximum Gasteiger partial charge on any atom is 0.128 e. The van der Waals surface area contributed by atoms with Gasteiger partial charge in [-0.25, -0.2) is 0 Å². The fourth-order valence-corrected chi connectivity index (χ4v) is 3.17. The van der Waals surface area contributed by atoms with Crippen molar-refractivity contribution >= 4 is 11.8 Å². The molecule has 1 atom stereocenters. The molecule has 2 aromatic rings. The van der Waals surface area contributed by atoms with Gasteiger partial charge in [0, 0.05) is 5.75 Å². The number of ether oxygens (including phenoxy) is 3. The summed E-state index contributed by atoms with van der Waals surface area (Å²) in [7, 11) is 0. The van der Waals surface area contributed by atoms with Crippen LogP contribution in [0.15, 0.2) is 48.5 Å². The van der Waals surface area contributed by atoms with Crippen molar-refractivity contribution in [2.24, 2.45) is 0 Å². The first-order valence-electron chi connectivity index (χ1n) is 7.47. The van der Waals surface area contributed by atoms with E-state index >= 15 is 0 Å². The third kappa shape index (κ3) is 4.18. The predicted octanol–water partition coefficient (Wildman–Crippen LogP) is 4.21. The Kier molecular flexibility index (Phi) is 5.24. The van der Waals surface area contributed by atoms with Crippen LogP contribution in [0.4, 0.5) is 0 Å². The molecule has 1 heterocycles. The summed E-state index contributed by atoms with van der Waals surface area (Å²) in [6.07, 6.45) is 0. The van der Waals surface area contributed by atoms with Crippen LogP contribution in [0.1, 0.15) is 16.6 Å². The van der Waals surface area contributed by atoms with Gasteiger partial charge in [0.15, 0.2) is 0 Å². The molecule has 0 spiro atoms. The highest BCUT2D eigenvalue weighted by molar-refractivity contribution is 7.99. The van der Waals surface area contributed by atoms with Gasteiger partial charge < -0.3 is 14.2 Å². The molecule has 3 nitrogen and oxygen atoms in total. The van der Waals surface area contributed by atoms with Crippen molar-refractivity contribution < 1.29 is 14.2 Å². The van der Waals surface area contributed by atoms with Gasteiger partial charge in [-0.15, -0.1) is 11.8 Å². The van der Waals surface area contributed by atoms with Crippen molar-refractivity contribution in [3.8, 4) is 11.5 Å². The molecule has 0 aromatic heterocycles. The number of benzene rings is 2. The summed E-state index contributed by atoms with van der Waals surface area (Å²) in [6.45, 7) is 3.96. The van der Waals surface area contributed by atoms with Crippen molar-refractivity contribution in [2.45, 2.75) is 12.4 Å². The minimum Gasteiger partial charge on any atom is -0.490 e. The maximum absolute atomic E-state index is 5.70. The van der Waals surface area contributed by atoms with Gasteiger partial charge in [-0.3, -0.25) is 0 Å². The molecule has 0 bridgehead atoms. The van der Waals surface area contributed by atoms with E-state index in [4.69, 9.17) is 14.2 Å². The van der Waals surface area contributed by atoms with Crippen molar-refractivity contribution in [3.05, 3.63) is 59.7 Å². The van der Waals surface area contributed by atoms with Gasteiger partial charge in [0.1, 0.15) is 30.1 Å². The molecule has 1 saturated heterocycles. The van der Waals surface area contributed by atoms with E-state index in [-0.39, 0.29) is 5.44 Å². The van der Waals surface area contributed by atoms with E-state index in [9.17, 15) is 0 Å². The van der Waals surface area contributed by atoms with Crippen LogP contribution < -0.4 is 9.47 Å². The van der Waals surface area contributed by atoms with Crippen LogP contribution in [-0.4, -0.2) is 25.6 Å². The number of aryl methyl sites for hydroxylation is 1. The summed E-state index contributed by atoms with van der Waals surface area (Å²) in [6, 6.07) is 16.1. The Morgan fingerprint density at radius 1 is 0.955 bits per heavy atom. The topological polar surface area (TPSA) is 27.7 Å². The standard InChI is InChI=1S/C18H20O3S/c1-14-2-6-16(7-3-14)19-10-11-20-17-8-4-15(5-9-17)18-21-12-13-22-18/h2-9,18H,10-13H2,1H3. The maximum atomic E-state index is 5.70. The minimum atomic E-state index is 0.180. The van der Waals surface area contributed by atoms with E-state index in [0.717, 1.165) is 23.9 Å². The van der Waals surface area contributed by atoms with Crippen LogP contribution in [0, 0.1) is 6.92 Å². The van der Waals surface area contributed by atoms with Crippen LogP contribution in [0.3, 0.4) is 0 Å². The summed E-state index contributed by atoms with van der Waals surface area (Å²) in [4.78, 5) is 0. The lowest BCUT2D eigenvalue weighted by Gasteiger charge is -2.11. The zero-order valence-electron chi connectivity index (χ0n) is 12.7. The first-order valence-corrected chi connectivity index (χ1v) is 8.51. The molecule has 3 rings (SSSR count). The second-order valence-electron chi connectivity index (χ2n) is 5.15. The molecular weight excluding hydrogens is 296 g/mol. The Morgan fingerprint density at radius 3 is 2.09 bits per heavy atom. The van der Waals surface area contributed by atoms with Gasteiger partial charge in [0.05, 0.1) is 6.61 Å². The van der Waals surface area contributed by atoms with Crippen molar-refractivity contribution in [3.63, 3.8) is 0 Å². The highest BCUT2D eigenvalue weighted by Gasteiger charge is 2.17. The summed E-state index contributed by atoms with van der Waals surface area (Å²) in [5.74, 6) is 2.80. The van der Waals surface area contributed by atoms with Gasteiger partial charge in [-0.05, 0) is 36.8 Å². The summed E-state index contributed by atoms with van der Waals surface area (Å²) < 4.78 is 17.0. The van der Waals surface area contributed by atoms with Crippen molar-refractivity contribution in [2.75, 3.05) is 25.6 Å². The molecule has 1 aliphatic heterocycles. The molecule has 2 aromatic carbocycles. The predicted molar refractivity (Wildman–Crippen MR) is 89.8 cm³/mol. The zero-order chi connectivity index (χ0) is 15.2. The van der Waals surface area contributed by atoms with Gasteiger partial charge >= 0.3 is 0 Å². The fourth-order valence-electron chi connectivity index (χ4n) is 2.23. The summed E-state index contributed by atoms with van der Waals surface area (Å²) >= 11 is 1.84. The molecule has 1 aliphatic rings. The van der Waals surface area contributed by atoms with Crippen LogP contribution in [0.25, 0.3) is 0 Å². The smallest absolute Gasteiger partial charge is 0.128 e. The molecule has 0 radical (unpaired) electrons. The molecule has 0 amide bonds. The van der Waals surface area contributed by atoms with Crippen LogP contribution >= 0.6 is 11.8 Å². The minimum absolute atomic E-state index is 0.180. The molecule has 1 unspecified atom stereocenters. The average molecular weight is 316 g/mol. The lowest BCUT2D eigenvalue weighted by molar-refractivity contribution is 0.145. The number of thioether (sulfide) groups is 1. The van der Waals surface area contributed by atoms with Crippen molar-refractivity contribution in [1.29, 1.82) is 0 Å². The lowest BCUT2D eigenvalue weighted by Crippen LogP contribution is -2.09. The second kappa shape index (κ2) is 7.56. The summed E-state index contributed by atoms with van der Waals surface area (Å²) in [5, 5.41) is 0. The van der Waals surface area contributed by atoms with E-state index in [1.165, 1.54) is 11.1 Å². The van der Waals surface area contributed by atoms with E-state index in [1.807, 2.05) is 48.2 Å². The number of hydrogen-bond donors (Lipinski definition) is 0. The monoisotopic (exact) mass is 316 g/mol. The third-order valence-electron chi connectivity index (χ3n) is 3.42. The number of rotatable bonds is 6. The first-order chi connectivity index (χ1) is 10.8. The van der Waals surface area contributed by atoms with E-state index in [0.29, 0.717) is 13.2 Å². The Bertz CT molecular complexity index is 574. The molecule has 4 heteroatoms. The molecule has 0 aliphatic carbocycles. The average Bonchev–Trinajstić information content (AvgIpc) is 3.08. The largest absolute Gasteiger partial charge is 0.490 e. The van der Waals surface area contributed by atoms with E-state index < -0.39 is 0 Å². The Balaban J connectivity index is 1.42. The molecule has 1 fully saturated rings. The highest BCUT2D eigenvalue weighted by atomic mass is 32.2. The highest BCUT2D eigenvalue weighted by Crippen LogP contribution is 2.35. The van der Waals surface area contributed by atoms with Gasteiger partial charge in [-0.1, -0.05) is 29.8 Å². The van der Waals surface area contributed by atoms with Crippen molar-refractivity contribution in [1.82, 2.24) is 0 Å². The lowest BCUT2D eigenvalue weighted by atomic mass is 10.2. The zero-order valence-corrected chi connectivity index (χ0v) is 13.5. The number of hydrogen-bond acceptors (Lipinski definition) is 4. The molecule has 0 saturated carbocycles. The first kappa shape index (κ1) is 15.3. The van der Waals surface area contributed by atoms with Crippen LogP contribution in [0.5, 0.6) is 11.5 Å². The SMILES string of the molecule is Cc1ccc(OCCOc2ccc(C3OCCS3)cc2)cc1. The quantitative estimate of drug-likeness (QED) is 0.746. The van der Waals surface area contributed by atoms with E-state index in [2.05, 4.69) is 19.1 Å². The Morgan fingerprint density at radius 2 is 1.55 bits per heavy atom. The van der Waals surface area contributed by atoms with Gasteiger partial charge in [0.2, 0.25) is 0 Å². The molecular formula is C18H20O3S. The second-order valence-corrected chi connectivity index (χ2v) is 6.32.